The van der Waals surface area contributed by atoms with Gasteiger partial charge in [0.25, 0.3) is 5.56 Å². The van der Waals surface area contributed by atoms with Gasteiger partial charge in [0.2, 0.25) is 5.91 Å². The molecule has 1 aromatic carbocycles. The van der Waals surface area contributed by atoms with Crippen molar-refractivity contribution in [3.8, 4) is 0 Å². The van der Waals surface area contributed by atoms with Gasteiger partial charge in [-0.25, -0.2) is 4.98 Å². The Morgan fingerprint density at radius 2 is 2.08 bits per heavy atom. The maximum atomic E-state index is 12.5. The highest BCUT2D eigenvalue weighted by Gasteiger charge is 2.20. The number of hydrogen-bond acceptors (Lipinski definition) is 4. The molecule has 0 spiro atoms. The predicted octanol–water partition coefficient (Wildman–Crippen LogP) is 2.32. The monoisotopic (exact) mass is 343 g/mol. The average Bonchev–Trinajstić information content (AvgIpc) is 2.59. The molecular formula is C18H21N3O2S. The summed E-state index contributed by atoms with van der Waals surface area (Å²) in [6.07, 6.45) is 1.55. The van der Waals surface area contributed by atoms with E-state index in [0.717, 1.165) is 18.7 Å². The zero-order valence-corrected chi connectivity index (χ0v) is 14.8. The van der Waals surface area contributed by atoms with E-state index in [1.54, 1.807) is 0 Å². The van der Waals surface area contributed by atoms with Crippen LogP contribution in [0.25, 0.3) is 0 Å². The smallest absolute Gasteiger partial charge is 0.254 e. The van der Waals surface area contributed by atoms with Crippen LogP contribution in [0.15, 0.2) is 34.2 Å². The van der Waals surface area contributed by atoms with Gasteiger partial charge in [-0.2, -0.15) is 0 Å². The molecule has 1 amide bonds. The molecule has 0 unspecified atom stereocenters. The second-order valence-corrected chi connectivity index (χ2v) is 6.88. The molecule has 3 rings (SSSR count). The Hall–Kier alpha value is -2.08. The summed E-state index contributed by atoms with van der Waals surface area (Å²) in [6.45, 7) is 5.17. The fraction of sp³-hybridized carbons (Fsp3) is 0.389. The van der Waals surface area contributed by atoms with Crippen molar-refractivity contribution in [3.63, 3.8) is 0 Å². The van der Waals surface area contributed by atoms with Gasteiger partial charge in [0.15, 0.2) is 5.16 Å². The minimum atomic E-state index is -0.105. The molecule has 5 nitrogen and oxygen atoms in total. The maximum absolute atomic E-state index is 12.5. The first-order chi connectivity index (χ1) is 11.6. The summed E-state index contributed by atoms with van der Waals surface area (Å²) >= 11 is 1.29. The van der Waals surface area contributed by atoms with Gasteiger partial charge in [0, 0.05) is 24.3 Å². The number of thioether (sulfide) groups is 1. The molecular weight excluding hydrogens is 322 g/mol. The SMILES string of the molecule is CCc1c(C)nc(SCC(=O)N2CCc3ccccc3C2)[nH]c1=O. The molecule has 6 heteroatoms. The Morgan fingerprint density at radius 3 is 2.79 bits per heavy atom. The van der Waals surface area contributed by atoms with E-state index in [2.05, 4.69) is 22.1 Å². The number of aromatic amines is 1. The van der Waals surface area contributed by atoms with Crippen LogP contribution in [0.3, 0.4) is 0 Å². The van der Waals surface area contributed by atoms with Crippen molar-refractivity contribution in [2.75, 3.05) is 12.3 Å². The third kappa shape index (κ3) is 3.53. The number of H-pyrrole nitrogens is 1. The Bertz CT molecular complexity index is 816. The second-order valence-electron chi connectivity index (χ2n) is 5.91. The summed E-state index contributed by atoms with van der Waals surface area (Å²) in [7, 11) is 0. The van der Waals surface area contributed by atoms with Gasteiger partial charge >= 0.3 is 0 Å². The molecule has 0 atom stereocenters. The van der Waals surface area contributed by atoms with Gasteiger partial charge in [-0.05, 0) is 30.9 Å². The highest BCUT2D eigenvalue weighted by molar-refractivity contribution is 7.99. The molecule has 24 heavy (non-hydrogen) atoms. The Morgan fingerprint density at radius 1 is 1.33 bits per heavy atom. The largest absolute Gasteiger partial charge is 0.337 e. The number of hydrogen-bond donors (Lipinski definition) is 1. The quantitative estimate of drug-likeness (QED) is 0.683. The number of amides is 1. The average molecular weight is 343 g/mol. The normalized spacial score (nSPS) is 13.7. The number of aromatic nitrogens is 2. The Kier molecular flexibility index (Phi) is 5.04. The van der Waals surface area contributed by atoms with E-state index in [1.165, 1.54) is 22.9 Å². The predicted molar refractivity (Wildman–Crippen MR) is 95.3 cm³/mol. The number of rotatable bonds is 4. The number of fused-ring (bicyclic) bond motifs is 1. The van der Waals surface area contributed by atoms with Gasteiger partial charge in [-0.1, -0.05) is 43.0 Å². The Balaban J connectivity index is 1.63. The van der Waals surface area contributed by atoms with Crippen molar-refractivity contribution in [2.45, 2.75) is 38.4 Å². The van der Waals surface area contributed by atoms with Crippen LogP contribution in [-0.2, 0) is 24.2 Å². The molecule has 0 saturated carbocycles. The van der Waals surface area contributed by atoms with Crippen molar-refractivity contribution >= 4 is 17.7 Å². The molecule has 0 radical (unpaired) electrons. The number of benzene rings is 1. The lowest BCUT2D eigenvalue weighted by Crippen LogP contribution is -2.37. The number of carbonyl (C=O) groups excluding carboxylic acids is 1. The number of carbonyl (C=O) groups is 1. The van der Waals surface area contributed by atoms with Crippen molar-refractivity contribution < 1.29 is 4.79 Å². The number of nitrogens with one attached hydrogen (secondary N) is 1. The van der Waals surface area contributed by atoms with Crippen molar-refractivity contribution in [1.29, 1.82) is 0 Å². The van der Waals surface area contributed by atoms with Crippen LogP contribution in [0.2, 0.25) is 0 Å². The van der Waals surface area contributed by atoms with Gasteiger partial charge < -0.3 is 9.88 Å². The highest BCUT2D eigenvalue weighted by atomic mass is 32.2. The lowest BCUT2D eigenvalue weighted by Gasteiger charge is -2.28. The summed E-state index contributed by atoms with van der Waals surface area (Å²) in [5, 5.41) is 0.514. The first kappa shape index (κ1) is 16.8. The van der Waals surface area contributed by atoms with Crippen LogP contribution in [0.4, 0.5) is 0 Å². The van der Waals surface area contributed by atoms with Crippen molar-refractivity contribution in [3.05, 3.63) is 57.0 Å². The van der Waals surface area contributed by atoms with Gasteiger partial charge in [-0.15, -0.1) is 0 Å². The Labute approximate surface area is 145 Å². The number of nitrogens with zero attached hydrogens (tertiary/aromatic N) is 2. The minimum absolute atomic E-state index is 0.0781. The molecule has 1 aromatic heterocycles. The molecule has 1 N–H and O–H groups in total. The van der Waals surface area contributed by atoms with E-state index in [0.29, 0.717) is 23.7 Å². The summed E-state index contributed by atoms with van der Waals surface area (Å²) in [5.41, 5.74) is 3.89. The molecule has 1 aliphatic rings. The van der Waals surface area contributed by atoms with Crippen LogP contribution >= 0.6 is 11.8 Å². The zero-order valence-electron chi connectivity index (χ0n) is 14.0. The highest BCUT2D eigenvalue weighted by Crippen LogP contribution is 2.20. The van der Waals surface area contributed by atoms with Crippen LogP contribution in [-0.4, -0.2) is 33.1 Å². The van der Waals surface area contributed by atoms with E-state index in [4.69, 9.17) is 0 Å². The van der Waals surface area contributed by atoms with Crippen molar-refractivity contribution in [2.24, 2.45) is 0 Å². The van der Waals surface area contributed by atoms with E-state index in [9.17, 15) is 9.59 Å². The minimum Gasteiger partial charge on any atom is -0.337 e. The van der Waals surface area contributed by atoms with E-state index in [1.807, 2.05) is 30.9 Å². The molecule has 1 aliphatic heterocycles. The second kappa shape index (κ2) is 7.21. The van der Waals surface area contributed by atoms with Crippen molar-refractivity contribution in [1.82, 2.24) is 14.9 Å². The summed E-state index contributed by atoms with van der Waals surface area (Å²) in [6, 6.07) is 8.25. The summed E-state index contributed by atoms with van der Waals surface area (Å²) < 4.78 is 0. The molecule has 0 aliphatic carbocycles. The van der Waals surface area contributed by atoms with Crippen LogP contribution < -0.4 is 5.56 Å². The standard InChI is InChI=1S/C18H21N3O2S/c1-3-15-12(2)19-18(20-17(15)23)24-11-16(22)21-9-8-13-6-4-5-7-14(13)10-21/h4-7H,3,8-11H2,1-2H3,(H,19,20,23). The fourth-order valence-corrected chi connectivity index (χ4v) is 3.81. The van der Waals surface area contributed by atoms with E-state index >= 15 is 0 Å². The topological polar surface area (TPSA) is 66.1 Å². The molecule has 126 valence electrons. The summed E-state index contributed by atoms with van der Waals surface area (Å²) in [4.78, 5) is 33.5. The lowest BCUT2D eigenvalue weighted by molar-refractivity contribution is -0.129. The first-order valence-electron chi connectivity index (χ1n) is 8.15. The third-order valence-electron chi connectivity index (χ3n) is 4.37. The zero-order chi connectivity index (χ0) is 17.1. The van der Waals surface area contributed by atoms with E-state index < -0.39 is 0 Å². The third-order valence-corrected chi connectivity index (χ3v) is 5.23. The molecule has 0 fully saturated rings. The molecule has 2 aromatic rings. The first-order valence-corrected chi connectivity index (χ1v) is 9.14. The lowest BCUT2D eigenvalue weighted by atomic mass is 10.00. The maximum Gasteiger partial charge on any atom is 0.254 e. The fourth-order valence-electron chi connectivity index (χ4n) is 3.00. The van der Waals surface area contributed by atoms with Gasteiger partial charge in [-0.3, -0.25) is 9.59 Å². The van der Waals surface area contributed by atoms with Gasteiger partial charge in [0.1, 0.15) is 0 Å². The summed E-state index contributed by atoms with van der Waals surface area (Å²) in [5.74, 6) is 0.366. The van der Waals surface area contributed by atoms with Crippen LogP contribution in [0.1, 0.15) is 29.3 Å². The van der Waals surface area contributed by atoms with Crippen LogP contribution in [0.5, 0.6) is 0 Å². The molecule has 0 saturated heterocycles. The molecule has 0 bridgehead atoms. The number of aryl methyl sites for hydroxylation is 1. The van der Waals surface area contributed by atoms with Gasteiger partial charge in [0.05, 0.1) is 5.75 Å². The molecule has 2 heterocycles. The van der Waals surface area contributed by atoms with E-state index in [-0.39, 0.29) is 17.2 Å². The van der Waals surface area contributed by atoms with Crippen LogP contribution in [0, 0.1) is 6.92 Å².